The van der Waals surface area contributed by atoms with Crippen molar-refractivity contribution >= 4 is 18.9 Å². The van der Waals surface area contributed by atoms with Gasteiger partial charge in [-0.25, -0.2) is 4.39 Å². The number of carbonyl (C=O) groups excluding carboxylic acids is 1. The van der Waals surface area contributed by atoms with Crippen molar-refractivity contribution in [2.45, 2.75) is 53.1 Å². The molecule has 0 spiro atoms. The Bertz CT molecular complexity index is 878. The standard InChI is InChI=1S/C22H30FO5P.2Li/c1-21(2)12-18(15-5-7-16(23)8-6-15)19(22(3,4)14-21)9-10-29(27,28)13-17(24)11-20(25)26;;/h5-10,17,24H,11-14H2,1-4H3,(H,25,26)(H,27,28);;/q;2*+1/p-2/b10-9+;;/t17-;;/m0../s1. The Morgan fingerprint density at radius 1 is 1.23 bits per heavy atom. The van der Waals surface area contributed by atoms with E-state index in [4.69, 9.17) is 0 Å². The van der Waals surface area contributed by atoms with Gasteiger partial charge in [0, 0.05) is 25.9 Å². The second-order valence-electron chi connectivity index (χ2n) is 9.26. The molecular weight excluding hydrogens is 408 g/mol. The molecule has 0 radical (unpaired) electrons. The van der Waals surface area contributed by atoms with Crippen molar-refractivity contribution in [2.24, 2.45) is 10.8 Å². The molecule has 1 N–H and O–H groups in total. The molecule has 0 aromatic heterocycles. The van der Waals surface area contributed by atoms with Gasteiger partial charge in [-0.05, 0) is 58.3 Å². The fourth-order valence-electron chi connectivity index (χ4n) is 4.37. The van der Waals surface area contributed by atoms with Gasteiger partial charge in [0.1, 0.15) is 5.82 Å². The van der Waals surface area contributed by atoms with E-state index < -0.39 is 32.0 Å². The normalized spacial score (nSPS) is 20.4. The molecule has 0 fully saturated rings. The van der Waals surface area contributed by atoms with Gasteiger partial charge in [-0.1, -0.05) is 45.9 Å². The summed E-state index contributed by atoms with van der Waals surface area (Å²) < 4.78 is 25.8. The molecule has 0 amide bonds. The summed E-state index contributed by atoms with van der Waals surface area (Å²) in [6.07, 6.45) is 0.176. The predicted molar refractivity (Wildman–Crippen MR) is 107 cm³/mol. The number of allylic oxidation sites excluding steroid dienone is 3. The summed E-state index contributed by atoms with van der Waals surface area (Å²) in [6, 6.07) is 6.15. The van der Waals surface area contributed by atoms with Crippen LogP contribution in [0.4, 0.5) is 4.39 Å². The van der Waals surface area contributed by atoms with E-state index in [9.17, 15) is 28.9 Å². The van der Waals surface area contributed by atoms with Gasteiger partial charge in [0.15, 0.2) is 0 Å². The molecule has 1 aromatic carbocycles. The number of aliphatic carboxylic acids is 1. The maximum absolute atomic E-state index is 13.4. The summed E-state index contributed by atoms with van der Waals surface area (Å²) >= 11 is 0. The summed E-state index contributed by atoms with van der Waals surface area (Å²) in [5.41, 5.74) is 2.29. The minimum absolute atomic E-state index is 0. The van der Waals surface area contributed by atoms with Crippen molar-refractivity contribution in [3.8, 4) is 0 Å². The van der Waals surface area contributed by atoms with E-state index in [1.54, 1.807) is 18.2 Å². The van der Waals surface area contributed by atoms with Crippen LogP contribution in [0, 0.1) is 16.6 Å². The van der Waals surface area contributed by atoms with Crippen LogP contribution < -0.4 is 47.7 Å². The molecule has 2 rings (SSSR count). The van der Waals surface area contributed by atoms with Crippen LogP contribution in [0.3, 0.4) is 0 Å². The van der Waals surface area contributed by atoms with Crippen molar-refractivity contribution in [1.29, 1.82) is 0 Å². The van der Waals surface area contributed by atoms with Gasteiger partial charge in [-0.3, -0.25) is 0 Å². The number of aliphatic hydroxyl groups is 1. The molecule has 0 heterocycles. The number of carbonyl (C=O) groups is 1. The van der Waals surface area contributed by atoms with Crippen molar-refractivity contribution in [2.75, 3.05) is 6.16 Å². The van der Waals surface area contributed by atoms with Crippen LogP contribution in [0.15, 0.2) is 41.7 Å². The third-order valence-corrected chi connectivity index (χ3v) is 6.69. The van der Waals surface area contributed by atoms with Crippen LogP contribution in [0.1, 0.15) is 52.5 Å². The van der Waals surface area contributed by atoms with E-state index >= 15 is 0 Å². The second-order valence-corrected chi connectivity index (χ2v) is 11.4. The minimum Gasteiger partial charge on any atom is -0.796 e. The smallest absolute Gasteiger partial charge is 0.796 e. The van der Waals surface area contributed by atoms with E-state index in [1.807, 2.05) is 13.8 Å². The first kappa shape index (κ1) is 30.4. The molecule has 2 atom stereocenters. The van der Waals surface area contributed by atoms with Gasteiger partial charge in [0.05, 0.1) is 6.10 Å². The fraction of sp³-hybridized carbons (Fsp3) is 0.500. The molecule has 0 bridgehead atoms. The summed E-state index contributed by atoms with van der Waals surface area (Å²) in [6.45, 7) is 8.37. The van der Waals surface area contributed by atoms with Gasteiger partial charge >= 0.3 is 37.7 Å². The Morgan fingerprint density at radius 3 is 2.29 bits per heavy atom. The fourth-order valence-corrected chi connectivity index (χ4v) is 5.59. The Balaban J connectivity index is 0.00000450. The third-order valence-electron chi connectivity index (χ3n) is 5.16. The maximum atomic E-state index is 13.4. The number of hydrogen-bond donors (Lipinski definition) is 1. The van der Waals surface area contributed by atoms with Crippen LogP contribution in [-0.4, -0.2) is 23.3 Å². The first-order valence-corrected chi connectivity index (χ1v) is 11.5. The molecule has 31 heavy (non-hydrogen) atoms. The summed E-state index contributed by atoms with van der Waals surface area (Å²) in [7, 11) is -4.15. The largest absolute Gasteiger partial charge is 1.00 e. The third kappa shape index (κ3) is 9.07. The van der Waals surface area contributed by atoms with E-state index in [0.29, 0.717) is 6.42 Å². The number of halogens is 1. The topological polar surface area (TPSA) is 100 Å². The number of aliphatic hydroxyl groups excluding tert-OH is 1. The first-order chi connectivity index (χ1) is 13.2. The molecule has 0 aliphatic heterocycles. The molecule has 5 nitrogen and oxygen atoms in total. The zero-order valence-electron chi connectivity index (χ0n) is 19.3. The molecule has 1 aliphatic carbocycles. The van der Waals surface area contributed by atoms with Crippen molar-refractivity contribution in [3.63, 3.8) is 0 Å². The molecular formula is C22H28FLi2O5P. The van der Waals surface area contributed by atoms with Gasteiger partial charge in [-0.2, -0.15) is 0 Å². The average molecular weight is 436 g/mol. The number of carboxylic acid groups (broad SMARTS) is 1. The first-order valence-electron chi connectivity index (χ1n) is 9.57. The monoisotopic (exact) mass is 436 g/mol. The second kappa shape index (κ2) is 11.5. The van der Waals surface area contributed by atoms with Crippen LogP contribution in [0.2, 0.25) is 0 Å². The zero-order valence-corrected chi connectivity index (χ0v) is 20.2. The van der Waals surface area contributed by atoms with Gasteiger partial charge in [-0.15, -0.1) is 0 Å². The van der Waals surface area contributed by atoms with Crippen LogP contribution >= 0.6 is 7.37 Å². The number of rotatable bonds is 7. The Hall–Kier alpha value is -0.555. The van der Waals surface area contributed by atoms with Gasteiger partial charge in [0.2, 0.25) is 0 Å². The van der Waals surface area contributed by atoms with Crippen LogP contribution in [-0.2, 0) is 9.36 Å². The van der Waals surface area contributed by atoms with Crippen LogP contribution in [0.25, 0.3) is 5.57 Å². The molecule has 1 aliphatic rings. The van der Waals surface area contributed by atoms with E-state index in [1.165, 1.54) is 12.1 Å². The Kier molecular flexibility index (Phi) is 11.3. The number of carboxylic acids is 1. The van der Waals surface area contributed by atoms with Gasteiger partial charge < -0.3 is 24.5 Å². The predicted octanol–water partition coefficient (Wildman–Crippen LogP) is -2.91. The summed E-state index contributed by atoms with van der Waals surface area (Å²) in [4.78, 5) is 22.9. The SMILES string of the molecule is CC1(C)CC(c2ccc(F)cc2)=C(/C=C/P(=O)([O-])C[C@@H](O)CC(=O)[O-])C(C)(C)C1.[Li+].[Li+]. The minimum atomic E-state index is -4.15. The van der Waals surface area contributed by atoms with E-state index in [-0.39, 0.29) is 54.4 Å². The van der Waals surface area contributed by atoms with E-state index in [0.717, 1.165) is 28.9 Å². The zero-order chi connectivity index (χ0) is 22.0. The molecule has 0 saturated carbocycles. The number of hydrogen-bond acceptors (Lipinski definition) is 5. The molecule has 1 aromatic rings. The van der Waals surface area contributed by atoms with Crippen LogP contribution in [0.5, 0.6) is 0 Å². The summed E-state index contributed by atoms with van der Waals surface area (Å²) in [5.74, 6) is -0.782. The van der Waals surface area contributed by atoms with Crippen molar-refractivity contribution in [1.82, 2.24) is 0 Å². The van der Waals surface area contributed by atoms with E-state index in [2.05, 4.69) is 13.8 Å². The molecule has 1 unspecified atom stereocenters. The summed E-state index contributed by atoms with van der Waals surface area (Å²) in [5, 5.41) is 20.2. The number of benzene rings is 1. The quantitative estimate of drug-likeness (QED) is 0.365. The average Bonchev–Trinajstić information content (AvgIpc) is 2.50. The maximum Gasteiger partial charge on any atom is 1.00 e. The molecule has 160 valence electrons. The Labute approximate surface area is 208 Å². The van der Waals surface area contributed by atoms with Gasteiger partial charge in [0.25, 0.3) is 0 Å². The Morgan fingerprint density at radius 2 is 1.77 bits per heavy atom. The van der Waals surface area contributed by atoms with Crippen molar-refractivity contribution in [3.05, 3.63) is 53.1 Å². The van der Waals surface area contributed by atoms with Crippen molar-refractivity contribution < 1.29 is 66.6 Å². The molecule has 9 heteroatoms. The molecule has 0 saturated heterocycles.